The maximum absolute atomic E-state index is 12.2. The van der Waals surface area contributed by atoms with E-state index < -0.39 is 16.0 Å². The average Bonchev–Trinajstić information content (AvgIpc) is 2.81. The zero-order valence-corrected chi connectivity index (χ0v) is 12.4. The fraction of sp³-hybridized carbons (Fsp3) is 0.545. The largest absolute Gasteiger partial charge is 0.477 e. The highest BCUT2D eigenvalue weighted by molar-refractivity contribution is 7.89. The van der Waals surface area contributed by atoms with Gasteiger partial charge >= 0.3 is 5.97 Å². The van der Waals surface area contributed by atoms with Gasteiger partial charge in [0.1, 0.15) is 9.77 Å². The Morgan fingerprint density at radius 2 is 2.30 bits per heavy atom. The number of carbonyl (C=O) groups is 1. The van der Waals surface area contributed by atoms with Crippen molar-refractivity contribution in [3.63, 3.8) is 0 Å². The van der Waals surface area contributed by atoms with Crippen LogP contribution in [0.4, 0.5) is 0 Å². The van der Waals surface area contributed by atoms with E-state index in [-0.39, 0.29) is 22.4 Å². The number of ether oxygens (including phenoxy) is 2. The molecule has 0 amide bonds. The van der Waals surface area contributed by atoms with Crippen LogP contribution in [-0.4, -0.2) is 52.0 Å². The predicted molar refractivity (Wildman–Crippen MR) is 71.8 cm³/mol. The lowest BCUT2D eigenvalue weighted by molar-refractivity contribution is -0.0846. The average molecular weight is 321 g/mol. The summed E-state index contributed by atoms with van der Waals surface area (Å²) in [5.74, 6) is -1.25. The molecule has 1 aliphatic rings. The molecule has 7 nitrogen and oxygen atoms in total. The molecule has 0 radical (unpaired) electrons. The lowest BCUT2D eigenvalue weighted by atomic mass is 10.3. The van der Waals surface area contributed by atoms with Crippen molar-refractivity contribution in [2.45, 2.75) is 17.9 Å². The molecule has 1 aromatic heterocycles. The van der Waals surface area contributed by atoms with E-state index in [1.54, 1.807) is 6.92 Å². The van der Waals surface area contributed by atoms with Gasteiger partial charge in [-0.15, -0.1) is 11.3 Å². The van der Waals surface area contributed by atoms with Crippen molar-refractivity contribution in [2.24, 2.45) is 0 Å². The molecular weight excluding hydrogens is 306 g/mol. The van der Waals surface area contributed by atoms with Crippen molar-refractivity contribution in [3.8, 4) is 0 Å². The molecule has 20 heavy (non-hydrogen) atoms. The molecule has 112 valence electrons. The van der Waals surface area contributed by atoms with Gasteiger partial charge in [-0.05, 0) is 17.9 Å². The molecule has 0 aliphatic carbocycles. The number of rotatable bonds is 5. The molecule has 0 spiro atoms. The van der Waals surface area contributed by atoms with E-state index in [1.165, 1.54) is 5.38 Å². The van der Waals surface area contributed by atoms with Crippen molar-refractivity contribution in [3.05, 3.63) is 15.8 Å². The Hall–Kier alpha value is -1.00. The molecule has 0 aromatic carbocycles. The monoisotopic (exact) mass is 321 g/mol. The second-order valence-electron chi connectivity index (χ2n) is 4.30. The molecule has 2 rings (SSSR count). The van der Waals surface area contributed by atoms with Crippen molar-refractivity contribution >= 4 is 27.3 Å². The first-order valence-electron chi connectivity index (χ1n) is 5.92. The van der Waals surface area contributed by atoms with E-state index in [0.717, 1.165) is 11.3 Å². The fourth-order valence-corrected chi connectivity index (χ4v) is 4.54. The van der Waals surface area contributed by atoms with Gasteiger partial charge in [0.15, 0.2) is 0 Å². The Balaban J connectivity index is 2.14. The lowest BCUT2D eigenvalue weighted by Gasteiger charge is -2.23. The molecule has 0 saturated carbocycles. The van der Waals surface area contributed by atoms with Gasteiger partial charge in [0, 0.05) is 6.54 Å². The van der Waals surface area contributed by atoms with Gasteiger partial charge in [-0.3, -0.25) is 0 Å². The van der Waals surface area contributed by atoms with Crippen LogP contribution in [0.5, 0.6) is 0 Å². The van der Waals surface area contributed by atoms with Crippen LogP contribution in [0.25, 0.3) is 0 Å². The van der Waals surface area contributed by atoms with E-state index in [1.807, 2.05) is 0 Å². The number of thiophene rings is 1. The zero-order chi connectivity index (χ0) is 14.8. The number of hydrogen-bond donors (Lipinski definition) is 2. The van der Waals surface area contributed by atoms with Crippen LogP contribution in [0.3, 0.4) is 0 Å². The van der Waals surface area contributed by atoms with E-state index >= 15 is 0 Å². The first kappa shape index (κ1) is 15.4. The van der Waals surface area contributed by atoms with Crippen molar-refractivity contribution in [2.75, 3.05) is 26.4 Å². The Morgan fingerprint density at radius 3 is 2.90 bits per heavy atom. The second kappa shape index (κ2) is 6.19. The number of aromatic carboxylic acids is 1. The highest BCUT2D eigenvalue weighted by atomic mass is 32.2. The van der Waals surface area contributed by atoms with Crippen molar-refractivity contribution < 1.29 is 27.8 Å². The van der Waals surface area contributed by atoms with E-state index in [4.69, 9.17) is 14.6 Å². The van der Waals surface area contributed by atoms with Crippen LogP contribution in [0.15, 0.2) is 10.3 Å². The number of hydrogen-bond acceptors (Lipinski definition) is 6. The Kier molecular flexibility index (Phi) is 4.76. The van der Waals surface area contributed by atoms with Gasteiger partial charge in [0.2, 0.25) is 10.0 Å². The molecule has 1 aliphatic heterocycles. The highest BCUT2D eigenvalue weighted by Crippen LogP contribution is 2.26. The topological polar surface area (TPSA) is 102 Å². The third-order valence-electron chi connectivity index (χ3n) is 2.77. The minimum absolute atomic E-state index is 0.0523. The van der Waals surface area contributed by atoms with E-state index in [9.17, 15) is 13.2 Å². The maximum Gasteiger partial charge on any atom is 0.347 e. The minimum Gasteiger partial charge on any atom is -0.477 e. The van der Waals surface area contributed by atoms with E-state index in [0.29, 0.717) is 25.4 Å². The van der Waals surface area contributed by atoms with Crippen molar-refractivity contribution in [1.82, 2.24) is 4.72 Å². The first-order chi connectivity index (χ1) is 9.42. The van der Waals surface area contributed by atoms with Crippen molar-refractivity contribution in [1.29, 1.82) is 0 Å². The summed E-state index contributed by atoms with van der Waals surface area (Å²) in [5.41, 5.74) is 0.417. The maximum atomic E-state index is 12.2. The van der Waals surface area contributed by atoms with Crippen LogP contribution in [0, 0.1) is 6.92 Å². The zero-order valence-electron chi connectivity index (χ0n) is 10.8. The smallest absolute Gasteiger partial charge is 0.347 e. The molecule has 0 bridgehead atoms. The van der Waals surface area contributed by atoms with Gasteiger partial charge in [-0.1, -0.05) is 0 Å². The normalized spacial score (nSPS) is 19.9. The Bertz CT molecular complexity index is 588. The first-order valence-corrected chi connectivity index (χ1v) is 8.28. The van der Waals surface area contributed by atoms with Crippen LogP contribution >= 0.6 is 11.3 Å². The molecule has 1 aromatic rings. The molecule has 1 atom stereocenters. The summed E-state index contributed by atoms with van der Waals surface area (Å²) in [6, 6.07) is 0. The quantitative estimate of drug-likeness (QED) is 0.816. The molecule has 9 heteroatoms. The minimum atomic E-state index is -3.88. The summed E-state index contributed by atoms with van der Waals surface area (Å²) in [6.45, 7) is 2.85. The highest BCUT2D eigenvalue weighted by Gasteiger charge is 2.27. The van der Waals surface area contributed by atoms with Gasteiger partial charge in [-0.25, -0.2) is 17.9 Å². The SMILES string of the molecule is Cc1csc(C(=O)O)c1S(=O)(=O)NCC1COCCO1. The second-order valence-corrected chi connectivity index (χ2v) is 6.89. The fourth-order valence-electron chi connectivity index (χ4n) is 1.84. The predicted octanol–water partition coefficient (Wildman–Crippen LogP) is 0.448. The molecule has 2 heterocycles. The van der Waals surface area contributed by atoms with Gasteiger partial charge < -0.3 is 14.6 Å². The summed E-state index contributed by atoms with van der Waals surface area (Å²) in [5, 5.41) is 10.5. The van der Waals surface area contributed by atoms with Crippen LogP contribution < -0.4 is 4.72 Å². The molecular formula is C11H15NO6S2. The van der Waals surface area contributed by atoms with Crippen LogP contribution in [0.1, 0.15) is 15.2 Å². The number of nitrogens with one attached hydrogen (secondary N) is 1. The number of sulfonamides is 1. The molecule has 1 unspecified atom stereocenters. The van der Waals surface area contributed by atoms with Gasteiger partial charge in [-0.2, -0.15) is 0 Å². The van der Waals surface area contributed by atoms with Gasteiger partial charge in [0.05, 0.1) is 25.9 Å². The number of carboxylic acids is 1. The van der Waals surface area contributed by atoms with Gasteiger partial charge in [0.25, 0.3) is 0 Å². The standard InChI is InChI=1S/C11H15NO6S2/c1-7-6-19-9(11(13)14)10(7)20(15,16)12-4-8-5-17-2-3-18-8/h6,8,12H,2-5H2,1H3,(H,13,14). The molecule has 1 saturated heterocycles. The Labute approximate surface area is 120 Å². The molecule has 1 fully saturated rings. The summed E-state index contributed by atoms with van der Waals surface area (Å²) in [6.07, 6.45) is -0.356. The summed E-state index contributed by atoms with van der Waals surface area (Å²) < 4.78 is 37.3. The third-order valence-corrected chi connectivity index (χ3v) is 5.59. The lowest BCUT2D eigenvalue weighted by Crippen LogP contribution is -2.40. The molecule has 2 N–H and O–H groups in total. The van der Waals surface area contributed by atoms with Crippen LogP contribution in [0.2, 0.25) is 0 Å². The summed E-state index contributed by atoms with van der Waals surface area (Å²) in [7, 11) is -3.88. The summed E-state index contributed by atoms with van der Waals surface area (Å²) >= 11 is 0.898. The number of carboxylic acid groups (broad SMARTS) is 1. The Morgan fingerprint density at radius 1 is 1.55 bits per heavy atom. The van der Waals surface area contributed by atoms with Crippen LogP contribution in [-0.2, 0) is 19.5 Å². The van der Waals surface area contributed by atoms with E-state index in [2.05, 4.69) is 4.72 Å². The summed E-state index contributed by atoms with van der Waals surface area (Å²) in [4.78, 5) is 10.7. The number of aryl methyl sites for hydroxylation is 1. The third kappa shape index (κ3) is 3.36.